The minimum absolute atomic E-state index is 0.158. The van der Waals surface area contributed by atoms with Gasteiger partial charge in [-0.25, -0.2) is 9.97 Å². The number of carbonyl (C=O) groups is 2. The summed E-state index contributed by atoms with van der Waals surface area (Å²) >= 11 is 0. The fourth-order valence-electron chi connectivity index (χ4n) is 4.74. The molecule has 1 N–H and O–H groups in total. The van der Waals surface area contributed by atoms with Crippen LogP contribution in [0.25, 0.3) is 39.7 Å². The predicted octanol–water partition coefficient (Wildman–Crippen LogP) is 2.98. The summed E-state index contributed by atoms with van der Waals surface area (Å²) in [6, 6.07) is 7.62. The van der Waals surface area contributed by atoms with E-state index < -0.39 is 11.9 Å². The van der Waals surface area contributed by atoms with E-state index in [0.29, 0.717) is 17.3 Å². The second-order valence-electron chi connectivity index (χ2n) is 9.18. The van der Waals surface area contributed by atoms with Crippen molar-refractivity contribution in [3.05, 3.63) is 41.9 Å². The van der Waals surface area contributed by atoms with Crippen molar-refractivity contribution in [3.8, 4) is 17.7 Å². The maximum absolute atomic E-state index is 12.7. The van der Waals surface area contributed by atoms with Crippen LogP contribution in [0.4, 0.5) is 0 Å². The van der Waals surface area contributed by atoms with Crippen molar-refractivity contribution in [1.29, 1.82) is 5.26 Å². The molecule has 0 aliphatic carbocycles. The average molecular weight is 502 g/mol. The Morgan fingerprint density at radius 1 is 1.32 bits per heavy atom. The number of nitrogens with one attached hydrogen (secondary N) is 1. The molecule has 11 heteroatoms. The quantitative estimate of drug-likeness (QED) is 0.242. The number of aromatic nitrogens is 4. The number of nitriles is 1. The summed E-state index contributed by atoms with van der Waals surface area (Å²) in [6.07, 6.45) is 6.94. The molecule has 4 aromatic heterocycles. The van der Waals surface area contributed by atoms with Gasteiger partial charge in [-0.15, -0.1) is 0 Å². The van der Waals surface area contributed by atoms with Gasteiger partial charge in [0.25, 0.3) is 5.91 Å². The van der Waals surface area contributed by atoms with Crippen LogP contribution >= 0.6 is 0 Å². The van der Waals surface area contributed by atoms with Crippen LogP contribution in [0, 0.1) is 11.3 Å². The molecule has 0 atom stereocenters. The molecule has 5 heterocycles. The largest absolute Gasteiger partial charge is 0.468 e. The summed E-state index contributed by atoms with van der Waals surface area (Å²) in [7, 11) is 4.79. The summed E-state index contributed by atoms with van der Waals surface area (Å²) in [6.45, 7) is 1.69. The summed E-state index contributed by atoms with van der Waals surface area (Å²) in [4.78, 5) is 40.2. The van der Waals surface area contributed by atoms with Crippen molar-refractivity contribution in [2.24, 2.45) is 0 Å². The van der Waals surface area contributed by atoms with Crippen LogP contribution in [-0.2, 0) is 14.3 Å². The fourth-order valence-corrected chi connectivity index (χ4v) is 4.74. The molecule has 4 aromatic rings. The number of hydrogen-bond donors (Lipinski definition) is 1. The van der Waals surface area contributed by atoms with E-state index >= 15 is 0 Å². The Labute approximate surface area is 212 Å². The molecule has 0 unspecified atom stereocenters. The van der Waals surface area contributed by atoms with Crippen LogP contribution < -0.4 is 0 Å². The maximum Gasteiger partial charge on any atom is 0.325 e. The van der Waals surface area contributed by atoms with Gasteiger partial charge < -0.3 is 28.5 Å². The number of rotatable bonds is 6. The van der Waals surface area contributed by atoms with E-state index in [1.807, 2.05) is 18.3 Å². The number of amides is 1. The second kappa shape index (κ2) is 9.91. The molecule has 0 radical (unpaired) electrons. The lowest BCUT2D eigenvalue weighted by molar-refractivity contribution is -0.144. The normalized spacial score (nSPS) is 15.2. The van der Waals surface area contributed by atoms with Gasteiger partial charge in [-0.3, -0.25) is 9.59 Å². The number of likely N-dealkylation sites (N-methyl/N-ethyl adjacent to an activating group) is 1. The van der Waals surface area contributed by atoms with Gasteiger partial charge in [0.1, 0.15) is 35.1 Å². The summed E-state index contributed by atoms with van der Waals surface area (Å²) < 4.78 is 12.9. The first-order valence-corrected chi connectivity index (χ1v) is 12.0. The molecule has 1 aliphatic heterocycles. The van der Waals surface area contributed by atoms with Gasteiger partial charge in [0.2, 0.25) is 0 Å². The van der Waals surface area contributed by atoms with Crippen molar-refractivity contribution in [3.63, 3.8) is 0 Å². The fraction of sp³-hybridized carbons (Fsp3) is 0.346. The molecule has 0 bridgehead atoms. The van der Waals surface area contributed by atoms with Crippen molar-refractivity contribution in [2.75, 3.05) is 40.8 Å². The molecule has 190 valence electrons. The van der Waals surface area contributed by atoms with Crippen LogP contribution in [0.15, 0.2) is 40.6 Å². The zero-order chi connectivity index (χ0) is 26.1. The average Bonchev–Trinajstić information content (AvgIpc) is 3.64. The summed E-state index contributed by atoms with van der Waals surface area (Å²) in [5.41, 5.74) is 2.41. The molecule has 5 rings (SSSR count). The van der Waals surface area contributed by atoms with Gasteiger partial charge >= 0.3 is 5.97 Å². The number of carbonyl (C=O) groups excluding carboxylic acids is 2. The minimum Gasteiger partial charge on any atom is -0.468 e. The molecule has 1 amide bonds. The zero-order valence-corrected chi connectivity index (χ0v) is 20.9. The van der Waals surface area contributed by atoms with Gasteiger partial charge in [0, 0.05) is 30.7 Å². The highest BCUT2D eigenvalue weighted by Gasteiger charge is 2.27. The molecule has 1 aliphatic rings. The number of ether oxygens (including phenoxy) is 1. The zero-order valence-electron chi connectivity index (χ0n) is 20.9. The smallest absolute Gasteiger partial charge is 0.325 e. The summed E-state index contributed by atoms with van der Waals surface area (Å²) in [5, 5.41) is 10.6. The maximum atomic E-state index is 12.7. The second-order valence-corrected chi connectivity index (χ2v) is 9.18. The van der Waals surface area contributed by atoms with E-state index in [2.05, 4.69) is 31.2 Å². The number of H-pyrrole nitrogens is 1. The van der Waals surface area contributed by atoms with Gasteiger partial charge in [-0.2, -0.15) is 5.26 Å². The van der Waals surface area contributed by atoms with Gasteiger partial charge in [-0.1, -0.05) is 0 Å². The SMILES string of the molecule is COC(=O)CN(C)C(=O)/C(C#N)=C/c1ccc(-c2nc3cnc4[nH]ccc4c3n2C2CCN(C)CC2)o1. The highest BCUT2D eigenvalue weighted by molar-refractivity contribution is 6.03. The number of imidazole rings is 1. The Bertz CT molecular complexity index is 1550. The highest BCUT2D eigenvalue weighted by Crippen LogP contribution is 2.36. The molecule has 0 aromatic carbocycles. The number of fused-ring (bicyclic) bond motifs is 3. The number of piperidine rings is 1. The Morgan fingerprint density at radius 3 is 2.84 bits per heavy atom. The van der Waals surface area contributed by atoms with Crippen molar-refractivity contribution >= 4 is 40.0 Å². The molecule has 37 heavy (non-hydrogen) atoms. The van der Waals surface area contributed by atoms with E-state index in [4.69, 9.17) is 9.40 Å². The number of furan rings is 1. The third kappa shape index (κ3) is 4.59. The van der Waals surface area contributed by atoms with Gasteiger partial charge in [0.05, 0.1) is 18.8 Å². The number of nitrogens with zero attached hydrogens (tertiary/aromatic N) is 6. The van der Waals surface area contributed by atoms with Crippen molar-refractivity contribution in [1.82, 2.24) is 29.3 Å². The molecular formula is C26H27N7O4. The lowest BCUT2D eigenvalue weighted by Crippen LogP contribution is -2.33. The van der Waals surface area contributed by atoms with E-state index in [-0.39, 0.29) is 18.2 Å². The first kappa shape index (κ1) is 24.3. The molecule has 0 saturated carbocycles. The third-order valence-electron chi connectivity index (χ3n) is 6.71. The number of pyridine rings is 1. The highest BCUT2D eigenvalue weighted by atomic mass is 16.5. The number of methoxy groups -OCH3 is 1. The monoisotopic (exact) mass is 501 g/mol. The number of hydrogen-bond acceptors (Lipinski definition) is 8. The molecule has 11 nitrogen and oxygen atoms in total. The van der Waals surface area contributed by atoms with Crippen LogP contribution in [0.3, 0.4) is 0 Å². The van der Waals surface area contributed by atoms with Crippen molar-refractivity contribution < 1.29 is 18.7 Å². The summed E-state index contributed by atoms with van der Waals surface area (Å²) in [5.74, 6) is 0.348. The Balaban J connectivity index is 1.54. The molecular weight excluding hydrogens is 474 g/mol. The number of aromatic amines is 1. The molecule has 0 spiro atoms. The predicted molar refractivity (Wildman–Crippen MR) is 136 cm³/mol. The number of likely N-dealkylation sites (tertiary alicyclic amines) is 1. The molecule has 1 fully saturated rings. The first-order valence-electron chi connectivity index (χ1n) is 12.0. The minimum atomic E-state index is -0.606. The number of esters is 1. The van der Waals surface area contributed by atoms with E-state index in [1.165, 1.54) is 20.2 Å². The molecule has 1 saturated heterocycles. The van der Waals surface area contributed by atoms with E-state index in [1.54, 1.807) is 18.3 Å². The third-order valence-corrected chi connectivity index (χ3v) is 6.71. The lowest BCUT2D eigenvalue weighted by atomic mass is 10.0. The van der Waals surface area contributed by atoms with Crippen LogP contribution in [-0.4, -0.2) is 82.0 Å². The van der Waals surface area contributed by atoms with Crippen molar-refractivity contribution in [2.45, 2.75) is 18.9 Å². The first-order chi connectivity index (χ1) is 17.9. The van der Waals surface area contributed by atoms with Gasteiger partial charge in [-0.05, 0) is 51.2 Å². The van der Waals surface area contributed by atoms with E-state index in [9.17, 15) is 14.9 Å². The van der Waals surface area contributed by atoms with Crippen LogP contribution in [0.5, 0.6) is 0 Å². The standard InChI is InChI=1S/C26H27N7O4/c1-31-10-7-17(8-11-31)33-23-19-6-9-28-24(19)29-14-20(23)30-25(33)21-5-4-18(37-21)12-16(13-27)26(35)32(2)15-22(34)36-3/h4-6,9,12,14,17H,7-8,10-11,15H2,1-3H3,(H,28,29)/b16-12+. The lowest BCUT2D eigenvalue weighted by Gasteiger charge is -2.31. The Hall–Kier alpha value is -4.43. The van der Waals surface area contributed by atoms with Crippen LogP contribution in [0.1, 0.15) is 24.6 Å². The topological polar surface area (TPSA) is 133 Å². The Morgan fingerprint density at radius 2 is 2.11 bits per heavy atom. The van der Waals surface area contributed by atoms with E-state index in [0.717, 1.165) is 52.9 Å². The van der Waals surface area contributed by atoms with Gasteiger partial charge in [0.15, 0.2) is 11.6 Å². The van der Waals surface area contributed by atoms with Crippen LogP contribution in [0.2, 0.25) is 0 Å². The Kier molecular flexibility index (Phi) is 6.50.